The second kappa shape index (κ2) is 10.0. The quantitative estimate of drug-likeness (QED) is 0.185. The molecule has 2 amide bonds. The Morgan fingerprint density at radius 1 is 1.28 bits per heavy atom. The van der Waals surface area contributed by atoms with Crippen LogP contribution in [0.1, 0.15) is 53.8 Å². The van der Waals surface area contributed by atoms with E-state index in [1.807, 2.05) is 6.92 Å². The van der Waals surface area contributed by atoms with Crippen molar-refractivity contribution in [2.75, 3.05) is 11.5 Å². The summed E-state index contributed by atoms with van der Waals surface area (Å²) < 4.78 is 9.31. The van der Waals surface area contributed by atoms with Crippen molar-refractivity contribution in [1.29, 1.82) is 0 Å². The van der Waals surface area contributed by atoms with E-state index in [0.717, 1.165) is 11.5 Å². The summed E-state index contributed by atoms with van der Waals surface area (Å²) in [4.78, 5) is 60.8. The first-order chi connectivity index (χ1) is 16.7. The van der Waals surface area contributed by atoms with Crippen LogP contribution >= 0.6 is 23.3 Å². The smallest absolute Gasteiger partial charge is 0.353 e. The number of anilines is 1. The Bertz CT molecular complexity index is 1150. The molecule has 0 saturated carbocycles. The van der Waals surface area contributed by atoms with E-state index in [0.29, 0.717) is 17.7 Å². The molecule has 0 aromatic carbocycles. The molecule has 2 aliphatic rings. The number of aliphatic carboxylic acids is 1. The number of thioether (sulfide) groups is 1. The lowest BCUT2D eigenvalue weighted by Crippen LogP contribution is -2.71. The maximum Gasteiger partial charge on any atom is 0.353 e. The van der Waals surface area contributed by atoms with Gasteiger partial charge in [0.25, 0.3) is 11.8 Å². The summed E-state index contributed by atoms with van der Waals surface area (Å²) >= 11 is 2.17. The maximum absolute atomic E-state index is 13.2. The normalized spacial score (nSPS) is 20.4. The SMILES string of the molecule is CCC1=C(C(=O)O)N2C(=O)[C@@H](NC(=O)/C(=N\OC(C)(C)C(=O)OC(C)(C)C)c3nsc(N)n3)[C@H]2SC1. The topological polar surface area (TPSA) is 186 Å². The third-order valence-corrected chi connectivity index (χ3v) is 6.97. The van der Waals surface area contributed by atoms with E-state index in [1.54, 1.807) is 20.8 Å². The fourth-order valence-electron chi connectivity index (χ4n) is 3.28. The Balaban J connectivity index is 1.82. The van der Waals surface area contributed by atoms with Gasteiger partial charge in [-0.05, 0) is 46.6 Å². The van der Waals surface area contributed by atoms with E-state index in [4.69, 9.17) is 15.3 Å². The summed E-state index contributed by atoms with van der Waals surface area (Å²) in [5, 5.41) is 15.5. The van der Waals surface area contributed by atoms with Crippen molar-refractivity contribution in [3.8, 4) is 0 Å². The fraction of sp³-hybridized carbons (Fsp3) is 0.571. The lowest BCUT2D eigenvalue weighted by Gasteiger charge is -2.49. The largest absolute Gasteiger partial charge is 0.477 e. The highest BCUT2D eigenvalue weighted by atomic mass is 32.2. The number of carboxylic acid groups (broad SMARTS) is 1. The number of hydrogen-bond donors (Lipinski definition) is 3. The number of carbonyl (C=O) groups is 4. The Labute approximate surface area is 215 Å². The first-order valence-corrected chi connectivity index (χ1v) is 12.8. The van der Waals surface area contributed by atoms with Crippen molar-refractivity contribution in [2.45, 2.75) is 70.6 Å². The molecule has 2 aliphatic heterocycles. The lowest BCUT2D eigenvalue weighted by molar-refractivity contribution is -0.179. The number of oxime groups is 1. The standard InChI is InChI=1S/C21H28N6O7S2/c1-7-9-8-35-16-11(15(29)27(16)12(9)17(30)31)23-14(28)10(13-24-19(22)36-26-13)25-34-21(5,6)18(32)33-20(2,3)4/h11,16H,7-8H2,1-6H3,(H,23,28)(H,30,31)(H2,22,24,26)/b25-10-/t11-,16-/m1/s1. The van der Waals surface area contributed by atoms with E-state index < -0.39 is 52.1 Å². The number of nitrogens with zero attached hydrogens (tertiary/aromatic N) is 4. The molecule has 15 heteroatoms. The summed E-state index contributed by atoms with van der Waals surface area (Å²) in [5.41, 5.74) is 3.49. The van der Waals surface area contributed by atoms with Crippen LogP contribution in [0.4, 0.5) is 5.13 Å². The minimum Gasteiger partial charge on any atom is -0.477 e. The Hall–Kier alpha value is -3.20. The van der Waals surface area contributed by atoms with Crippen molar-refractivity contribution in [3.63, 3.8) is 0 Å². The molecule has 1 fully saturated rings. The van der Waals surface area contributed by atoms with Gasteiger partial charge in [-0.15, -0.1) is 11.8 Å². The van der Waals surface area contributed by atoms with E-state index in [1.165, 1.54) is 30.5 Å². The number of hydrogen-bond acceptors (Lipinski definition) is 12. The Morgan fingerprint density at radius 2 is 1.94 bits per heavy atom. The minimum absolute atomic E-state index is 0.0537. The highest BCUT2D eigenvalue weighted by Gasteiger charge is 2.54. The fourth-order valence-corrected chi connectivity index (χ4v) is 5.16. The molecule has 0 radical (unpaired) electrons. The van der Waals surface area contributed by atoms with Crippen LogP contribution in [0.2, 0.25) is 0 Å². The van der Waals surface area contributed by atoms with Gasteiger partial charge in [0.2, 0.25) is 17.1 Å². The molecule has 4 N–H and O–H groups in total. The van der Waals surface area contributed by atoms with Crippen molar-refractivity contribution >= 4 is 57.9 Å². The molecule has 13 nitrogen and oxygen atoms in total. The first kappa shape index (κ1) is 27.4. The van der Waals surface area contributed by atoms with Crippen molar-refractivity contribution in [3.05, 3.63) is 17.1 Å². The van der Waals surface area contributed by atoms with Gasteiger partial charge in [-0.2, -0.15) is 9.36 Å². The third-order valence-electron chi connectivity index (χ3n) is 5.09. The maximum atomic E-state index is 13.2. The van der Waals surface area contributed by atoms with Crippen LogP contribution in [0.5, 0.6) is 0 Å². The van der Waals surface area contributed by atoms with E-state index in [2.05, 4.69) is 19.8 Å². The number of aromatic nitrogens is 2. The minimum atomic E-state index is -1.57. The molecule has 36 heavy (non-hydrogen) atoms. The molecule has 0 unspecified atom stereocenters. The number of nitrogens with two attached hydrogens (primary N) is 1. The number of carbonyl (C=O) groups excluding carboxylic acids is 3. The summed E-state index contributed by atoms with van der Waals surface area (Å²) in [5.74, 6) is -3.08. The molecule has 3 heterocycles. The van der Waals surface area contributed by atoms with Crippen LogP contribution in [0.15, 0.2) is 16.4 Å². The van der Waals surface area contributed by atoms with Crippen molar-refractivity contribution < 1.29 is 33.9 Å². The molecule has 3 rings (SSSR count). The highest BCUT2D eigenvalue weighted by molar-refractivity contribution is 8.00. The second-order valence-corrected chi connectivity index (χ2v) is 11.4. The molecule has 1 aromatic heterocycles. The average Bonchev–Trinajstić information content (AvgIpc) is 3.20. The molecular formula is C21H28N6O7S2. The lowest BCUT2D eigenvalue weighted by atomic mass is 10.0. The number of rotatable bonds is 8. The predicted molar refractivity (Wildman–Crippen MR) is 132 cm³/mol. The summed E-state index contributed by atoms with van der Waals surface area (Å²) in [6.07, 6.45) is 0.487. The van der Waals surface area contributed by atoms with E-state index in [-0.39, 0.29) is 16.7 Å². The molecule has 2 atom stereocenters. The van der Waals surface area contributed by atoms with Crippen LogP contribution in [0, 0.1) is 0 Å². The number of amides is 2. The number of esters is 1. The van der Waals surface area contributed by atoms with Gasteiger partial charge in [-0.1, -0.05) is 12.1 Å². The second-order valence-electron chi connectivity index (χ2n) is 9.47. The summed E-state index contributed by atoms with van der Waals surface area (Å²) in [6.45, 7) is 9.74. The zero-order valence-electron chi connectivity index (χ0n) is 20.6. The molecule has 0 aliphatic carbocycles. The van der Waals surface area contributed by atoms with Crippen LogP contribution in [-0.4, -0.2) is 77.2 Å². The molecule has 196 valence electrons. The van der Waals surface area contributed by atoms with Gasteiger partial charge in [0.15, 0.2) is 5.13 Å². The zero-order chi connectivity index (χ0) is 27.0. The summed E-state index contributed by atoms with van der Waals surface area (Å²) in [6, 6.07) is -1.00. The van der Waals surface area contributed by atoms with Crippen LogP contribution < -0.4 is 11.1 Å². The van der Waals surface area contributed by atoms with Gasteiger partial charge in [0.05, 0.1) is 0 Å². The molecule has 1 aromatic rings. The molecule has 0 bridgehead atoms. The summed E-state index contributed by atoms with van der Waals surface area (Å²) in [7, 11) is 0. The van der Waals surface area contributed by atoms with Crippen molar-refractivity contribution in [2.24, 2.45) is 5.16 Å². The van der Waals surface area contributed by atoms with Crippen LogP contribution in [-0.2, 0) is 28.8 Å². The predicted octanol–water partition coefficient (Wildman–Crippen LogP) is 1.11. The monoisotopic (exact) mass is 540 g/mol. The van der Waals surface area contributed by atoms with Gasteiger partial charge in [-0.3, -0.25) is 14.5 Å². The van der Waals surface area contributed by atoms with E-state index in [9.17, 15) is 24.3 Å². The van der Waals surface area contributed by atoms with Gasteiger partial charge in [-0.25, -0.2) is 9.59 Å². The molecule has 0 spiro atoms. The van der Waals surface area contributed by atoms with E-state index >= 15 is 0 Å². The number of fused-ring (bicyclic) bond motifs is 1. The van der Waals surface area contributed by atoms with Gasteiger partial charge < -0.3 is 25.7 Å². The zero-order valence-corrected chi connectivity index (χ0v) is 22.3. The number of nitrogen functional groups attached to an aromatic ring is 1. The Kier molecular flexibility index (Phi) is 7.64. The van der Waals surface area contributed by atoms with Gasteiger partial charge in [0.1, 0.15) is 22.7 Å². The number of carboxylic acids is 1. The number of β-lactam (4-membered cyclic amide) rings is 1. The molecule has 1 saturated heterocycles. The van der Waals surface area contributed by atoms with Crippen molar-refractivity contribution in [1.82, 2.24) is 19.6 Å². The van der Waals surface area contributed by atoms with Gasteiger partial charge in [0, 0.05) is 17.3 Å². The number of nitrogens with one attached hydrogen (secondary N) is 1. The third kappa shape index (κ3) is 5.61. The first-order valence-electron chi connectivity index (χ1n) is 11.0. The average molecular weight is 541 g/mol. The van der Waals surface area contributed by atoms with Crippen LogP contribution in [0.25, 0.3) is 0 Å². The van der Waals surface area contributed by atoms with Crippen LogP contribution in [0.3, 0.4) is 0 Å². The highest BCUT2D eigenvalue weighted by Crippen LogP contribution is 2.41. The number of ether oxygens (including phenoxy) is 1. The van der Waals surface area contributed by atoms with Gasteiger partial charge >= 0.3 is 11.9 Å². The molecular weight excluding hydrogens is 512 g/mol. The Morgan fingerprint density at radius 3 is 2.47 bits per heavy atom.